The van der Waals surface area contributed by atoms with Crippen LogP contribution in [0, 0.1) is 5.92 Å². The lowest BCUT2D eigenvalue weighted by atomic mass is 10.0. The van der Waals surface area contributed by atoms with Crippen molar-refractivity contribution in [1.29, 1.82) is 0 Å². The quantitative estimate of drug-likeness (QED) is 0.694. The van der Waals surface area contributed by atoms with E-state index in [1.54, 1.807) is 6.08 Å². The lowest BCUT2D eigenvalue weighted by molar-refractivity contribution is -0.143. The van der Waals surface area contributed by atoms with E-state index in [-0.39, 0.29) is 12.0 Å². The molecule has 3 nitrogen and oxygen atoms in total. The fourth-order valence-corrected chi connectivity index (χ4v) is 1.22. The average molecular weight is 220 g/mol. The number of nitrogens with one attached hydrogen (secondary N) is 1. The lowest BCUT2D eigenvalue weighted by Crippen LogP contribution is -2.38. The standard InChI is InChI=1S/C10H18ClNO2/c1-8(2)7-9(10(13)14-3)12-6-4-5-11/h4-5,8-9,12H,6-7H2,1-3H3. The van der Waals surface area contributed by atoms with E-state index in [9.17, 15) is 4.79 Å². The van der Waals surface area contributed by atoms with Gasteiger partial charge in [0.2, 0.25) is 0 Å². The Morgan fingerprint density at radius 3 is 2.64 bits per heavy atom. The van der Waals surface area contributed by atoms with Gasteiger partial charge < -0.3 is 10.1 Å². The summed E-state index contributed by atoms with van der Waals surface area (Å²) >= 11 is 5.37. The minimum atomic E-state index is -0.243. The van der Waals surface area contributed by atoms with Crippen LogP contribution < -0.4 is 5.32 Å². The molecule has 0 fully saturated rings. The Balaban J connectivity index is 4.03. The Labute approximate surface area is 90.5 Å². The van der Waals surface area contributed by atoms with Crippen molar-refractivity contribution in [1.82, 2.24) is 5.32 Å². The minimum Gasteiger partial charge on any atom is -0.468 e. The maximum Gasteiger partial charge on any atom is 0.322 e. The molecule has 0 spiro atoms. The molecule has 0 saturated carbocycles. The van der Waals surface area contributed by atoms with Gasteiger partial charge >= 0.3 is 5.97 Å². The predicted molar refractivity (Wildman–Crippen MR) is 58.3 cm³/mol. The zero-order valence-electron chi connectivity index (χ0n) is 8.92. The van der Waals surface area contributed by atoms with Crippen LogP contribution in [0.1, 0.15) is 20.3 Å². The Bertz CT molecular complexity index is 193. The maximum atomic E-state index is 11.3. The summed E-state index contributed by atoms with van der Waals surface area (Å²) in [7, 11) is 1.40. The van der Waals surface area contributed by atoms with E-state index in [1.807, 2.05) is 0 Å². The van der Waals surface area contributed by atoms with E-state index in [2.05, 4.69) is 23.9 Å². The van der Waals surface area contributed by atoms with Crippen LogP contribution in [0.25, 0.3) is 0 Å². The van der Waals surface area contributed by atoms with Crippen LogP contribution in [0.15, 0.2) is 11.6 Å². The molecule has 0 aromatic heterocycles. The number of carbonyl (C=O) groups is 1. The first-order chi connectivity index (χ1) is 6.61. The maximum absolute atomic E-state index is 11.3. The third kappa shape index (κ3) is 6.00. The number of hydrogen-bond donors (Lipinski definition) is 1. The van der Waals surface area contributed by atoms with Crippen molar-refractivity contribution in [3.63, 3.8) is 0 Å². The van der Waals surface area contributed by atoms with Crippen molar-refractivity contribution < 1.29 is 9.53 Å². The summed E-state index contributed by atoms with van der Waals surface area (Å²) in [6.07, 6.45) is 2.51. The molecule has 0 amide bonds. The second-order valence-corrected chi connectivity index (χ2v) is 3.73. The molecule has 0 aromatic carbocycles. The van der Waals surface area contributed by atoms with Gasteiger partial charge in [-0.3, -0.25) is 4.79 Å². The summed E-state index contributed by atoms with van der Waals surface area (Å²) in [5.41, 5.74) is 1.43. The molecular weight excluding hydrogens is 202 g/mol. The molecule has 1 unspecified atom stereocenters. The second kappa shape index (κ2) is 7.83. The van der Waals surface area contributed by atoms with Gasteiger partial charge in [0.1, 0.15) is 6.04 Å². The highest BCUT2D eigenvalue weighted by molar-refractivity contribution is 6.25. The zero-order valence-corrected chi connectivity index (χ0v) is 9.67. The first kappa shape index (κ1) is 13.5. The van der Waals surface area contributed by atoms with Gasteiger partial charge in [0.25, 0.3) is 0 Å². The summed E-state index contributed by atoms with van der Waals surface area (Å²) in [6, 6.07) is -0.243. The van der Waals surface area contributed by atoms with Gasteiger partial charge in [-0.2, -0.15) is 0 Å². The molecule has 0 aliphatic rings. The minimum absolute atomic E-state index is 0.221. The first-order valence-corrected chi connectivity index (χ1v) is 5.11. The smallest absolute Gasteiger partial charge is 0.322 e. The Kier molecular flexibility index (Phi) is 7.52. The molecule has 1 atom stereocenters. The van der Waals surface area contributed by atoms with Crippen molar-refractivity contribution in [2.75, 3.05) is 13.7 Å². The number of hydrogen-bond acceptors (Lipinski definition) is 3. The van der Waals surface area contributed by atoms with Gasteiger partial charge in [0.05, 0.1) is 7.11 Å². The highest BCUT2D eigenvalue weighted by Gasteiger charge is 2.18. The first-order valence-electron chi connectivity index (χ1n) is 4.68. The van der Waals surface area contributed by atoms with Crippen LogP contribution in [-0.4, -0.2) is 25.7 Å². The average Bonchev–Trinajstić information content (AvgIpc) is 2.15. The summed E-state index contributed by atoms with van der Waals surface area (Å²) in [4.78, 5) is 11.3. The van der Waals surface area contributed by atoms with Crippen molar-refractivity contribution >= 4 is 17.6 Å². The molecular formula is C10H18ClNO2. The van der Waals surface area contributed by atoms with Crippen LogP contribution in [0.3, 0.4) is 0 Å². The van der Waals surface area contributed by atoms with Gasteiger partial charge in [-0.05, 0) is 12.3 Å². The van der Waals surface area contributed by atoms with Crippen LogP contribution in [0.5, 0.6) is 0 Å². The Morgan fingerprint density at radius 2 is 2.21 bits per heavy atom. The van der Waals surface area contributed by atoms with E-state index < -0.39 is 0 Å². The molecule has 0 aliphatic heterocycles. The fraction of sp³-hybridized carbons (Fsp3) is 0.700. The second-order valence-electron chi connectivity index (χ2n) is 3.48. The SMILES string of the molecule is COC(=O)C(CC(C)C)NCC=CCl. The molecule has 0 aromatic rings. The highest BCUT2D eigenvalue weighted by atomic mass is 35.5. The third-order valence-corrected chi connectivity index (χ3v) is 1.94. The molecule has 0 bridgehead atoms. The van der Waals surface area contributed by atoms with E-state index >= 15 is 0 Å². The van der Waals surface area contributed by atoms with Crippen molar-refractivity contribution in [2.24, 2.45) is 5.92 Å². The van der Waals surface area contributed by atoms with E-state index in [0.29, 0.717) is 12.5 Å². The van der Waals surface area contributed by atoms with Crippen molar-refractivity contribution in [3.8, 4) is 0 Å². The van der Waals surface area contributed by atoms with Gasteiger partial charge in [-0.15, -0.1) is 0 Å². The van der Waals surface area contributed by atoms with E-state index in [4.69, 9.17) is 11.6 Å². The normalized spacial score (nSPS) is 13.5. The Morgan fingerprint density at radius 1 is 1.57 bits per heavy atom. The van der Waals surface area contributed by atoms with Crippen LogP contribution in [-0.2, 0) is 9.53 Å². The zero-order chi connectivity index (χ0) is 11.0. The molecule has 0 rings (SSSR count). The van der Waals surface area contributed by atoms with Crippen molar-refractivity contribution in [3.05, 3.63) is 11.6 Å². The van der Waals surface area contributed by atoms with Gasteiger partial charge in [0.15, 0.2) is 0 Å². The van der Waals surface area contributed by atoms with E-state index in [1.165, 1.54) is 12.6 Å². The molecule has 0 radical (unpaired) electrons. The Hall–Kier alpha value is -0.540. The summed E-state index contributed by atoms with van der Waals surface area (Å²) in [5, 5.41) is 3.06. The molecule has 4 heteroatoms. The summed E-state index contributed by atoms with van der Waals surface area (Å²) in [5.74, 6) is 0.230. The topological polar surface area (TPSA) is 38.3 Å². The van der Waals surface area contributed by atoms with Crippen LogP contribution >= 0.6 is 11.6 Å². The summed E-state index contributed by atoms with van der Waals surface area (Å²) in [6.45, 7) is 4.71. The predicted octanol–water partition coefficient (Wildman–Crippen LogP) is 1.92. The number of ether oxygens (including phenoxy) is 1. The molecule has 1 N–H and O–H groups in total. The number of methoxy groups -OCH3 is 1. The van der Waals surface area contributed by atoms with Crippen molar-refractivity contribution in [2.45, 2.75) is 26.3 Å². The third-order valence-electron chi connectivity index (χ3n) is 1.76. The number of halogens is 1. The van der Waals surface area contributed by atoms with Crippen LogP contribution in [0.4, 0.5) is 0 Å². The van der Waals surface area contributed by atoms with E-state index in [0.717, 1.165) is 6.42 Å². The van der Waals surface area contributed by atoms with Gasteiger partial charge in [-0.25, -0.2) is 0 Å². The fourth-order valence-electron chi connectivity index (χ4n) is 1.13. The summed E-state index contributed by atoms with van der Waals surface area (Å²) < 4.78 is 4.69. The molecule has 82 valence electrons. The van der Waals surface area contributed by atoms with Gasteiger partial charge in [-0.1, -0.05) is 31.5 Å². The number of esters is 1. The molecule has 14 heavy (non-hydrogen) atoms. The molecule has 0 aliphatic carbocycles. The molecule has 0 saturated heterocycles. The number of carbonyl (C=O) groups excluding carboxylic acids is 1. The largest absolute Gasteiger partial charge is 0.468 e. The van der Waals surface area contributed by atoms with Crippen LogP contribution in [0.2, 0.25) is 0 Å². The molecule has 0 heterocycles. The lowest BCUT2D eigenvalue weighted by Gasteiger charge is -2.17. The monoisotopic (exact) mass is 219 g/mol. The number of rotatable bonds is 6. The highest BCUT2D eigenvalue weighted by Crippen LogP contribution is 2.05. The van der Waals surface area contributed by atoms with Gasteiger partial charge in [0, 0.05) is 12.1 Å².